The van der Waals surface area contributed by atoms with E-state index in [9.17, 15) is 14.4 Å². The summed E-state index contributed by atoms with van der Waals surface area (Å²) >= 11 is 0. The van der Waals surface area contributed by atoms with Crippen LogP contribution in [0.4, 0.5) is 10.2 Å². The Labute approximate surface area is 229 Å². The summed E-state index contributed by atoms with van der Waals surface area (Å²) in [5, 5.41) is 0.459. The number of fused-ring (bicyclic) bond motifs is 2. The fraction of sp³-hybridized carbons (Fsp3) is 0.267. The maximum absolute atomic E-state index is 16.4. The molecule has 2 aliphatic rings. The van der Waals surface area contributed by atoms with Gasteiger partial charge in [0.1, 0.15) is 17.1 Å². The summed E-state index contributed by atoms with van der Waals surface area (Å²) in [6, 6.07) is 9.40. The quantitative estimate of drug-likeness (QED) is 0.225. The Kier molecular flexibility index (Phi) is 6.05. The van der Waals surface area contributed by atoms with E-state index in [1.807, 2.05) is 31.7 Å². The Hall–Kier alpha value is -4.73. The van der Waals surface area contributed by atoms with Crippen LogP contribution in [-0.2, 0) is 4.79 Å². The normalized spacial score (nSPS) is 18.0. The number of benzene rings is 1. The average molecular weight is 540 g/mol. The highest BCUT2D eigenvalue weighted by molar-refractivity contribution is 5.91. The van der Waals surface area contributed by atoms with Gasteiger partial charge in [-0.15, -0.1) is 4.57 Å². The maximum Gasteiger partial charge on any atom is 0.442 e. The molecule has 40 heavy (non-hydrogen) atoms. The highest BCUT2D eigenvalue weighted by atomic mass is 19.1. The summed E-state index contributed by atoms with van der Waals surface area (Å²) in [7, 11) is 0. The van der Waals surface area contributed by atoms with Crippen molar-refractivity contribution >= 4 is 29.0 Å². The van der Waals surface area contributed by atoms with E-state index in [-0.39, 0.29) is 17.6 Å². The average Bonchev–Trinajstić information content (AvgIpc) is 2.95. The van der Waals surface area contributed by atoms with E-state index < -0.39 is 17.5 Å². The fourth-order valence-corrected chi connectivity index (χ4v) is 6.06. The molecule has 4 aromatic rings. The number of rotatable bonds is 4. The molecule has 6 rings (SSSR count). The SMILES string of the molecule is C=CC(=O)N1CCN(c2nc(=O)n3c4c2cc(F)c(-c2ccccc2C=O)[n+]4C(C)c2nccc(C)c2-3)[C@@H](C)C1. The molecule has 0 saturated carbocycles. The third-order valence-corrected chi connectivity index (χ3v) is 7.94. The molecule has 1 amide bonds. The van der Waals surface area contributed by atoms with Crippen LogP contribution >= 0.6 is 0 Å². The van der Waals surface area contributed by atoms with Crippen LogP contribution < -0.4 is 15.2 Å². The lowest BCUT2D eigenvalue weighted by molar-refractivity contribution is -0.680. The predicted octanol–water partition coefficient (Wildman–Crippen LogP) is 3.14. The van der Waals surface area contributed by atoms with Crippen LogP contribution in [0, 0.1) is 12.7 Å². The summed E-state index contributed by atoms with van der Waals surface area (Å²) in [6.07, 6.45) is 3.66. The zero-order chi connectivity index (χ0) is 28.3. The van der Waals surface area contributed by atoms with E-state index in [2.05, 4.69) is 16.5 Å². The van der Waals surface area contributed by atoms with Crippen LogP contribution in [0.25, 0.3) is 28.0 Å². The first kappa shape index (κ1) is 25.5. The van der Waals surface area contributed by atoms with Gasteiger partial charge in [-0.3, -0.25) is 14.6 Å². The van der Waals surface area contributed by atoms with Gasteiger partial charge in [-0.1, -0.05) is 24.8 Å². The zero-order valence-electron chi connectivity index (χ0n) is 22.5. The van der Waals surface area contributed by atoms with Crippen molar-refractivity contribution in [1.29, 1.82) is 0 Å². The second-order valence-electron chi connectivity index (χ2n) is 10.3. The second-order valence-corrected chi connectivity index (χ2v) is 10.3. The molecule has 0 aliphatic carbocycles. The minimum Gasteiger partial charge on any atom is -0.349 e. The van der Waals surface area contributed by atoms with Crippen LogP contribution in [0.3, 0.4) is 0 Å². The molecule has 2 aliphatic heterocycles. The number of amides is 1. The number of hydrogen-bond acceptors (Lipinski definition) is 6. The molecular formula is C30H28FN6O3+. The number of nitrogens with zero attached hydrogens (tertiary/aromatic N) is 6. The molecule has 1 fully saturated rings. The van der Waals surface area contributed by atoms with E-state index in [0.29, 0.717) is 65.3 Å². The van der Waals surface area contributed by atoms with Gasteiger partial charge in [0, 0.05) is 48.6 Å². The Balaban J connectivity index is 1.70. The van der Waals surface area contributed by atoms with Crippen molar-refractivity contribution in [2.45, 2.75) is 32.9 Å². The number of anilines is 1. The molecule has 0 bridgehead atoms. The molecule has 9 nitrogen and oxygen atoms in total. The van der Waals surface area contributed by atoms with Gasteiger partial charge in [-0.05, 0) is 45.0 Å². The van der Waals surface area contributed by atoms with Crippen LogP contribution in [0.5, 0.6) is 0 Å². The van der Waals surface area contributed by atoms with Gasteiger partial charge in [-0.25, -0.2) is 13.8 Å². The Morgan fingerprint density at radius 3 is 2.70 bits per heavy atom. The number of halogens is 1. The van der Waals surface area contributed by atoms with E-state index in [1.165, 1.54) is 16.7 Å². The van der Waals surface area contributed by atoms with Gasteiger partial charge in [0.05, 0.1) is 0 Å². The third kappa shape index (κ3) is 3.66. The predicted molar refractivity (Wildman–Crippen MR) is 148 cm³/mol. The molecule has 10 heteroatoms. The maximum atomic E-state index is 16.4. The Bertz CT molecular complexity index is 1800. The molecule has 1 saturated heterocycles. The molecular weight excluding hydrogens is 511 g/mol. The zero-order valence-corrected chi connectivity index (χ0v) is 22.5. The molecule has 0 N–H and O–H groups in total. The molecule has 1 aromatic carbocycles. The number of carbonyl (C=O) groups is 2. The van der Waals surface area contributed by atoms with E-state index in [4.69, 9.17) is 0 Å². The third-order valence-electron chi connectivity index (χ3n) is 7.94. The van der Waals surface area contributed by atoms with Crippen molar-refractivity contribution in [3.8, 4) is 16.9 Å². The number of hydrogen-bond donors (Lipinski definition) is 0. The summed E-state index contributed by atoms with van der Waals surface area (Å²) in [5.41, 5.74) is 2.97. The molecule has 202 valence electrons. The van der Waals surface area contributed by atoms with E-state index >= 15 is 4.39 Å². The van der Waals surface area contributed by atoms with Gasteiger partial charge in [-0.2, -0.15) is 4.98 Å². The van der Waals surface area contributed by atoms with Crippen molar-refractivity contribution in [1.82, 2.24) is 19.4 Å². The van der Waals surface area contributed by atoms with Gasteiger partial charge >= 0.3 is 11.3 Å². The number of aldehydes is 1. The first-order chi connectivity index (χ1) is 19.3. The monoisotopic (exact) mass is 539 g/mol. The molecule has 0 radical (unpaired) electrons. The number of carbonyl (C=O) groups excluding carboxylic acids is 2. The first-order valence-corrected chi connectivity index (χ1v) is 13.2. The molecule has 2 atom stereocenters. The van der Waals surface area contributed by atoms with Gasteiger partial charge in [0.25, 0.3) is 0 Å². The van der Waals surface area contributed by atoms with Crippen molar-refractivity contribution in [2.24, 2.45) is 0 Å². The van der Waals surface area contributed by atoms with Crippen molar-refractivity contribution in [2.75, 3.05) is 24.5 Å². The standard InChI is InChI=1S/C30H28FN6O3/c1-5-24(39)34-12-13-35(18(3)15-34)28-22-14-23(31)27(21-9-7-6-8-20(21)16-38)36-19(4)25-26(17(2)10-11-32-25)37(29(22)36)30(40)33-28/h5-11,14,16,18-19H,1,12-13,15H2,2-4H3/q+1/t18-,19?/m0/s1. The second kappa shape index (κ2) is 9.48. The van der Waals surface area contributed by atoms with Crippen molar-refractivity contribution < 1.29 is 18.5 Å². The van der Waals surface area contributed by atoms with Crippen LogP contribution in [0.2, 0.25) is 0 Å². The van der Waals surface area contributed by atoms with Crippen LogP contribution in [-0.4, -0.2) is 57.3 Å². The van der Waals surface area contributed by atoms with Gasteiger partial charge < -0.3 is 9.80 Å². The summed E-state index contributed by atoms with van der Waals surface area (Å²) in [4.78, 5) is 50.8. The number of pyridine rings is 2. The minimum atomic E-state index is -0.550. The first-order valence-electron chi connectivity index (χ1n) is 13.2. The fourth-order valence-electron chi connectivity index (χ4n) is 6.06. The van der Waals surface area contributed by atoms with Gasteiger partial charge in [0.15, 0.2) is 29.3 Å². The highest BCUT2D eigenvalue weighted by Crippen LogP contribution is 2.37. The lowest BCUT2D eigenvalue weighted by atomic mass is 9.99. The molecule has 5 heterocycles. The summed E-state index contributed by atoms with van der Waals surface area (Å²) in [5.74, 6) is -0.356. The summed E-state index contributed by atoms with van der Waals surface area (Å²) < 4.78 is 19.6. The van der Waals surface area contributed by atoms with Crippen molar-refractivity contribution in [3.05, 3.63) is 88.4 Å². The molecule has 1 unspecified atom stereocenters. The Morgan fingerprint density at radius 1 is 1.20 bits per heavy atom. The largest absolute Gasteiger partial charge is 0.442 e. The van der Waals surface area contributed by atoms with Gasteiger partial charge in [0.2, 0.25) is 5.91 Å². The molecule has 3 aromatic heterocycles. The smallest absolute Gasteiger partial charge is 0.349 e. The molecule has 0 spiro atoms. The topological polar surface area (TPSA) is 92.3 Å². The summed E-state index contributed by atoms with van der Waals surface area (Å²) in [6.45, 7) is 10.6. The van der Waals surface area contributed by atoms with Crippen LogP contribution in [0.15, 0.2) is 60.0 Å². The lowest BCUT2D eigenvalue weighted by Crippen LogP contribution is -2.55. The number of piperazine rings is 1. The Morgan fingerprint density at radius 2 is 1.98 bits per heavy atom. The van der Waals surface area contributed by atoms with E-state index in [0.717, 1.165) is 5.56 Å². The lowest BCUT2D eigenvalue weighted by Gasteiger charge is -2.40. The van der Waals surface area contributed by atoms with Crippen LogP contribution in [0.1, 0.15) is 41.5 Å². The minimum absolute atomic E-state index is 0.162. The number of aromatic nitrogens is 4. The highest BCUT2D eigenvalue weighted by Gasteiger charge is 2.41. The van der Waals surface area contributed by atoms with Crippen molar-refractivity contribution in [3.63, 3.8) is 0 Å². The number of aryl methyl sites for hydroxylation is 1. The van der Waals surface area contributed by atoms with E-state index in [1.54, 1.807) is 39.9 Å².